The third-order valence-electron chi connectivity index (χ3n) is 16.4. The van der Waals surface area contributed by atoms with Crippen molar-refractivity contribution in [2.45, 2.75) is 283 Å². The number of guanidine groups is 2. The molecule has 4 rings (SSSR count). The van der Waals surface area contributed by atoms with Crippen molar-refractivity contribution < 1.29 is 145 Å². The maximum Gasteiger partial charge on any atom is 0.321 e. The second kappa shape index (κ2) is 111. The number of hydrogen-bond donors (Lipinski definition) is 27. The third-order valence-corrected chi connectivity index (χ3v) is 18.2. The van der Waals surface area contributed by atoms with Crippen LogP contribution in [0.5, 0.6) is 0 Å². The number of primary amides is 3. The second-order valence-electron chi connectivity index (χ2n) is 30.6. The molecule has 39 N–H and O–H groups in total. The van der Waals surface area contributed by atoms with Crippen molar-refractivity contribution in [2.75, 3.05) is 76.2 Å². The van der Waals surface area contributed by atoms with Crippen LogP contribution < -0.4 is 97.5 Å². The molecule has 11 amide bonds. The number of carboxylic acids is 5. The number of amides is 11. The van der Waals surface area contributed by atoms with Gasteiger partial charge in [-0.15, -0.1) is 0 Å². The van der Waals surface area contributed by atoms with Gasteiger partial charge in [-0.3, -0.25) is 106 Å². The maximum atomic E-state index is 11.1. The zero-order valence-electron chi connectivity index (χ0n) is 84.3. The highest BCUT2D eigenvalue weighted by atomic mass is 32.1. The summed E-state index contributed by atoms with van der Waals surface area (Å²) in [5.41, 5.74) is 85.4. The Balaban J connectivity index is -0.000000116. The molecule has 0 aromatic carbocycles. The number of aliphatic imine (C=N–C) groups is 2. The Morgan fingerprint density at radius 3 is 1.03 bits per heavy atom. The number of nitrogens with zero attached hydrogens (tertiary/aromatic N) is 6. The first-order valence-electron chi connectivity index (χ1n) is 45.1. The fourth-order valence-electron chi connectivity index (χ4n) is 8.31. The van der Waals surface area contributed by atoms with E-state index in [-0.39, 0.29) is 189 Å². The van der Waals surface area contributed by atoms with E-state index < -0.39 is 64.5 Å². The summed E-state index contributed by atoms with van der Waals surface area (Å²) < 4.78 is 0. The van der Waals surface area contributed by atoms with Crippen molar-refractivity contribution >= 4 is 225 Å². The van der Waals surface area contributed by atoms with Gasteiger partial charge in [0.05, 0.1) is 47.8 Å². The van der Waals surface area contributed by atoms with Gasteiger partial charge < -0.3 is 166 Å². The molecule has 0 radical (unpaired) electrons. The highest BCUT2D eigenvalue weighted by Gasteiger charge is 2.37. The fourth-order valence-corrected chi connectivity index (χ4v) is 9.36. The molecule has 836 valence electrons. The number of rotatable bonds is 47. The number of aldehydes is 7. The van der Waals surface area contributed by atoms with E-state index in [4.69, 9.17) is 117 Å². The van der Waals surface area contributed by atoms with Crippen molar-refractivity contribution in [1.82, 2.24) is 19.6 Å². The van der Waals surface area contributed by atoms with Gasteiger partial charge in [0.2, 0.25) is 65.0 Å². The summed E-state index contributed by atoms with van der Waals surface area (Å²) in [5.74, 6) is -4.76. The molecule has 10 atom stereocenters. The van der Waals surface area contributed by atoms with Crippen LogP contribution >= 0.6 is 63.1 Å². The van der Waals surface area contributed by atoms with Gasteiger partial charge in [0.15, 0.2) is 11.9 Å². The minimum absolute atomic E-state index is 0.0255. The quantitative estimate of drug-likeness (QED) is 0.00683. The Labute approximate surface area is 869 Å². The molecule has 10 unspecified atom stereocenters. The Bertz CT molecular complexity index is 3610. The van der Waals surface area contributed by atoms with E-state index in [0.717, 1.165) is 73.7 Å². The topological polar surface area (TPSA) is 1010 Å². The number of nitrogens with two attached hydrogens (primary N) is 17. The van der Waals surface area contributed by atoms with E-state index >= 15 is 0 Å². The normalized spacial score (nSPS) is 14.8. The molecule has 58 heteroatoms. The predicted octanol–water partition coefficient (Wildman–Crippen LogP) is -4.45. The van der Waals surface area contributed by atoms with Crippen LogP contribution in [-0.2, 0) is 120 Å². The monoisotopic (exact) mass is 2160 g/mol. The predicted molar refractivity (Wildman–Crippen MR) is 559 cm³/mol. The van der Waals surface area contributed by atoms with Crippen LogP contribution in [0.2, 0.25) is 0 Å². The maximum absolute atomic E-state index is 11.1. The SMILES string of the molecule is CC(=O)CCCC(=O)O.CC(=O)CCCCN=C(N)N.CC(C)C(N)C=O.CC(C)CC(N)=O.CC1CC(=O)N(CC=O)C1=O.CCCCC(N)C(=O)O.CCN1C(=O)CC(S)C1=O.CCN1C(=O)CCC1=O.NC(=O)CCS.NC(C=O)CS.NC(CCC=O)C(=O)O.NC(CS)C(=O)O.NC(N)=NCCCC(N)C=O.NCC(N)C=O.NCCC(N)=O.NCCCCCC(=O)O.O=CCN1C(=O)CC(S)C1=O. The number of likely N-dealkylation sites (tertiary alicyclic amines) is 4. The molecular formula is C86H167N23O30S5. The molecule has 4 fully saturated rings. The average molecular weight is 2160 g/mol. The molecule has 0 aromatic rings. The number of carbonyl (C=O) groups excluding carboxylic acids is 20. The van der Waals surface area contributed by atoms with Gasteiger partial charge in [-0.1, -0.05) is 60.8 Å². The van der Waals surface area contributed by atoms with Gasteiger partial charge >= 0.3 is 29.8 Å². The number of unbranched alkanes of at least 4 members (excludes halogenated alkanes) is 4. The number of ketones is 2. The summed E-state index contributed by atoms with van der Waals surface area (Å²) in [7, 11) is 0. The van der Waals surface area contributed by atoms with Crippen molar-refractivity contribution in [3.63, 3.8) is 0 Å². The molecule has 4 aliphatic rings. The lowest BCUT2D eigenvalue weighted by atomic mass is 10.1. The van der Waals surface area contributed by atoms with Crippen molar-refractivity contribution in [3.8, 4) is 0 Å². The van der Waals surface area contributed by atoms with Gasteiger partial charge in [-0.25, -0.2) is 0 Å². The molecule has 53 nitrogen and oxygen atoms in total. The first-order chi connectivity index (χ1) is 66.9. The number of aliphatic carboxylic acids is 5. The minimum Gasteiger partial charge on any atom is -0.481 e. The molecule has 0 bridgehead atoms. The second-order valence-corrected chi connectivity index (χ2v) is 33.0. The van der Waals surface area contributed by atoms with Crippen molar-refractivity contribution in [3.05, 3.63) is 0 Å². The van der Waals surface area contributed by atoms with Gasteiger partial charge in [0.1, 0.15) is 73.7 Å². The van der Waals surface area contributed by atoms with Crippen LogP contribution in [0.15, 0.2) is 9.98 Å². The standard InChI is InChI=1S/C7H15N3O.C7H9NO3.C6H14N4O.C6H7NO3S.C6H9NO2S.C6H9NO2.2C6H13NO2.C6H10O3.C5H9NO3.2C5H11NO.2C3H8N2O.C3H7NO2S.2C3H7NOS/c1-6(11)4-2-3-5-10-7(8)9;1-5-4-6(10)8(2-3-9)7(5)11;7-5(4-11)2-1-3-10-6(8)9;8-2-1-7-5(9)3-4(11)6(7)10;1-2-7-5(8)3-4(10)6(7)9;1-2-7-5(8)3-4-6(7)9;1-2-3-4-5(7)6(8)9;7-5-3-1-2-4-6(8)9;1-5(7)3-2-4-6(8)9;6-4(5(8)9)2-1-3-7;1-4(2)5(6)3-7;1-4(2)3-5(6)7;4-1-3(5)2-6;4-2-1-3(5)6;4-2(1-7)3(5)6;4-3(1-5)2-6;4-3(5)1-2-6/h2-5H2,1H3,(H4,8,9,10);3,5H,2,4H2,1H3;4-5H,1-3,7H2,(H4,8,9,10);2,4,11H,1,3H2;4,10H,2-3H2,1H3;2-4H2,1H3;5H,2-4,7H2,1H3,(H,8,9);1-5,7H2,(H,8,9);2-4H2,1H3,(H,8,9);3-4H,1-2,6H2,(H,8,9);3-5H,6H2,1-2H3;4H,3H2,1-2H3,(H2,6,7);2-3H,1,4-5H2;1-2,4H2,(H2,5,6);2,7H,1,4H2,(H,5,6);1,3,6H,2,4H2;6H,1-2H2,(H2,4,5). The number of carboxylic acid groups (broad SMARTS) is 5. The molecule has 0 saturated carbocycles. The van der Waals surface area contributed by atoms with Crippen LogP contribution in [0.4, 0.5) is 0 Å². The Kier molecular flexibility index (Phi) is 124. The van der Waals surface area contributed by atoms with E-state index in [9.17, 15) is 120 Å². The van der Waals surface area contributed by atoms with Crippen molar-refractivity contribution in [1.29, 1.82) is 0 Å². The number of imide groups is 4. The van der Waals surface area contributed by atoms with Crippen LogP contribution in [0, 0.1) is 17.8 Å². The van der Waals surface area contributed by atoms with Gasteiger partial charge in [0, 0.05) is 140 Å². The van der Waals surface area contributed by atoms with Crippen LogP contribution in [-0.4, -0.2) is 336 Å². The smallest absolute Gasteiger partial charge is 0.321 e. The Morgan fingerprint density at radius 2 is 0.812 bits per heavy atom. The first-order valence-corrected chi connectivity index (χ1v) is 48.0. The minimum atomic E-state index is -1.06. The van der Waals surface area contributed by atoms with E-state index in [1.807, 2.05) is 34.6 Å². The molecular weight excluding hydrogens is 2000 g/mol. The van der Waals surface area contributed by atoms with E-state index in [0.29, 0.717) is 152 Å². The first kappa shape index (κ1) is 161. The van der Waals surface area contributed by atoms with Gasteiger partial charge in [-0.2, -0.15) is 63.1 Å². The number of Topliss-reactive ketones (excluding diaryl/α,β-unsaturated/α-hetero) is 2. The summed E-state index contributed by atoms with van der Waals surface area (Å²) in [6, 6.07) is -3.88. The molecule has 0 spiro atoms. The molecule has 4 aliphatic heterocycles. The van der Waals surface area contributed by atoms with Crippen LogP contribution in [0.25, 0.3) is 0 Å². The number of thiol groups is 5. The van der Waals surface area contributed by atoms with E-state index in [1.54, 1.807) is 27.7 Å². The molecule has 4 saturated heterocycles. The fraction of sp³-hybridized carbons (Fsp3) is 0.686. The highest BCUT2D eigenvalue weighted by molar-refractivity contribution is 7.82. The summed E-state index contributed by atoms with van der Waals surface area (Å²) in [5, 5.41) is 39.8. The Hall–Kier alpha value is -10.8. The van der Waals surface area contributed by atoms with E-state index in [2.05, 4.69) is 78.9 Å². The zero-order valence-corrected chi connectivity index (χ0v) is 88.8. The molecule has 4 heterocycles. The largest absolute Gasteiger partial charge is 0.481 e. The lowest BCUT2D eigenvalue weighted by Gasteiger charge is -2.08. The van der Waals surface area contributed by atoms with Crippen LogP contribution in [0.1, 0.15) is 230 Å². The summed E-state index contributed by atoms with van der Waals surface area (Å²) in [6.07, 6.45) is 17.6. The Morgan fingerprint density at radius 1 is 0.417 bits per heavy atom. The molecule has 0 aromatic heterocycles. The van der Waals surface area contributed by atoms with Gasteiger partial charge in [-0.05, 0) is 110 Å². The number of carbonyl (C=O) groups is 25. The lowest BCUT2D eigenvalue weighted by Crippen LogP contribution is -2.32. The summed E-state index contributed by atoms with van der Waals surface area (Å²) >= 11 is 19.0. The zero-order chi connectivity index (χ0) is 115. The third kappa shape index (κ3) is 122. The summed E-state index contributed by atoms with van der Waals surface area (Å²) in [6.45, 7) is 21.2. The lowest BCUT2D eigenvalue weighted by molar-refractivity contribution is -0.141. The molecule has 0 aliphatic carbocycles. The van der Waals surface area contributed by atoms with Crippen molar-refractivity contribution in [2.24, 2.45) is 125 Å². The number of hydrogen-bond acceptors (Lipinski definition) is 42. The molecule has 144 heavy (non-hydrogen) atoms. The highest BCUT2D eigenvalue weighted by Crippen LogP contribution is 2.19. The van der Waals surface area contributed by atoms with Gasteiger partial charge in [0.25, 0.3) is 0 Å². The summed E-state index contributed by atoms with van der Waals surface area (Å²) in [4.78, 5) is 268. The van der Waals surface area contributed by atoms with E-state index in [1.165, 1.54) is 16.7 Å². The average Bonchev–Trinajstić information content (AvgIpc) is 1.70. The van der Waals surface area contributed by atoms with Crippen LogP contribution in [0.3, 0.4) is 0 Å².